The fourth-order valence-corrected chi connectivity index (χ4v) is 4.62. The maximum atomic E-state index is 13.1. The zero-order chi connectivity index (χ0) is 22.8. The number of benzene rings is 3. The Labute approximate surface area is 192 Å². The fraction of sp³-hybridized carbons (Fsp3) is 0.214. The van der Waals surface area contributed by atoms with Crippen molar-refractivity contribution in [3.63, 3.8) is 0 Å². The summed E-state index contributed by atoms with van der Waals surface area (Å²) in [6.07, 6.45) is 2.07. The van der Waals surface area contributed by atoms with Gasteiger partial charge in [0.2, 0.25) is 0 Å². The minimum absolute atomic E-state index is 0.0212. The van der Waals surface area contributed by atoms with Crippen LogP contribution in [0, 0.1) is 5.82 Å². The highest BCUT2D eigenvalue weighted by Gasteiger charge is 2.25. The van der Waals surface area contributed by atoms with E-state index in [1.807, 2.05) is 47.4 Å². The molecule has 1 aliphatic heterocycles. The fourth-order valence-electron chi connectivity index (χ4n) is 4.62. The number of H-pyrrole nitrogens is 1. The van der Waals surface area contributed by atoms with Gasteiger partial charge < -0.3 is 9.88 Å². The molecule has 0 spiro atoms. The van der Waals surface area contributed by atoms with Crippen molar-refractivity contribution in [3.8, 4) is 0 Å². The molecule has 5 heteroatoms. The number of aromatic amines is 1. The third kappa shape index (κ3) is 4.58. The van der Waals surface area contributed by atoms with Crippen LogP contribution in [0.25, 0.3) is 10.9 Å². The predicted molar refractivity (Wildman–Crippen MR) is 127 cm³/mol. The smallest absolute Gasteiger partial charge is 0.253 e. The lowest BCUT2D eigenvalue weighted by atomic mass is 9.88. The molecular weight excluding hydrogens is 415 g/mol. The molecule has 0 saturated carbocycles. The van der Waals surface area contributed by atoms with Crippen molar-refractivity contribution in [2.75, 3.05) is 13.1 Å². The minimum atomic E-state index is -0.306. The molecule has 1 aromatic heterocycles. The highest BCUT2D eigenvalue weighted by atomic mass is 19.1. The number of Topliss-reactive ketones (excluding diaryl/α,β-unsaturated/α-hetero) is 1. The van der Waals surface area contributed by atoms with Crippen LogP contribution in [0.5, 0.6) is 0 Å². The van der Waals surface area contributed by atoms with E-state index in [4.69, 9.17) is 0 Å². The molecule has 1 amide bonds. The van der Waals surface area contributed by atoms with E-state index in [1.165, 1.54) is 17.7 Å². The molecule has 0 aliphatic carbocycles. The minimum Gasteiger partial charge on any atom is -0.352 e. The van der Waals surface area contributed by atoms with Gasteiger partial charge in [0.05, 0.1) is 5.69 Å². The Balaban J connectivity index is 1.26. The van der Waals surface area contributed by atoms with E-state index in [-0.39, 0.29) is 23.9 Å². The van der Waals surface area contributed by atoms with E-state index in [2.05, 4.69) is 17.1 Å². The Morgan fingerprint density at radius 1 is 0.909 bits per heavy atom. The number of halogens is 1. The maximum Gasteiger partial charge on any atom is 0.253 e. The Bertz CT molecular complexity index is 1290. The molecule has 1 N–H and O–H groups in total. The maximum absolute atomic E-state index is 13.1. The average Bonchev–Trinajstić information content (AvgIpc) is 3.29. The highest BCUT2D eigenvalue weighted by Crippen LogP contribution is 2.31. The molecule has 2 heterocycles. The third-order valence-corrected chi connectivity index (χ3v) is 6.50. The van der Waals surface area contributed by atoms with Gasteiger partial charge in [-0.15, -0.1) is 0 Å². The van der Waals surface area contributed by atoms with Crippen molar-refractivity contribution in [3.05, 3.63) is 107 Å². The number of nitrogens with zero attached hydrogens (tertiary/aromatic N) is 1. The van der Waals surface area contributed by atoms with Crippen molar-refractivity contribution in [2.24, 2.45) is 0 Å². The number of nitrogens with one attached hydrogen (secondary N) is 1. The average molecular weight is 441 g/mol. The number of hydrogen-bond donors (Lipinski definition) is 1. The van der Waals surface area contributed by atoms with Crippen molar-refractivity contribution < 1.29 is 14.0 Å². The van der Waals surface area contributed by atoms with Crippen LogP contribution in [0.4, 0.5) is 4.39 Å². The zero-order valence-electron chi connectivity index (χ0n) is 18.3. The molecule has 4 aromatic rings. The van der Waals surface area contributed by atoms with E-state index in [0.717, 1.165) is 48.0 Å². The molecule has 33 heavy (non-hydrogen) atoms. The third-order valence-electron chi connectivity index (χ3n) is 6.50. The topological polar surface area (TPSA) is 53.2 Å². The van der Waals surface area contributed by atoms with Crippen LogP contribution in [-0.4, -0.2) is 34.7 Å². The molecule has 0 atom stereocenters. The van der Waals surface area contributed by atoms with Gasteiger partial charge in [0, 0.05) is 36.0 Å². The van der Waals surface area contributed by atoms with Crippen LogP contribution >= 0.6 is 0 Å². The summed E-state index contributed by atoms with van der Waals surface area (Å²) in [5, 5.41) is 1.01. The number of carbonyl (C=O) groups is 2. The van der Waals surface area contributed by atoms with Gasteiger partial charge in [-0.2, -0.15) is 0 Å². The highest BCUT2D eigenvalue weighted by molar-refractivity contribution is 6.00. The van der Waals surface area contributed by atoms with Crippen LogP contribution < -0.4 is 0 Å². The molecule has 3 aromatic carbocycles. The van der Waals surface area contributed by atoms with Gasteiger partial charge in [-0.3, -0.25) is 9.59 Å². The monoisotopic (exact) mass is 440 g/mol. The quantitative estimate of drug-likeness (QED) is 0.402. The van der Waals surface area contributed by atoms with Crippen LogP contribution in [0.3, 0.4) is 0 Å². The Morgan fingerprint density at radius 3 is 2.36 bits per heavy atom. The molecule has 0 radical (unpaired) electrons. The lowest BCUT2D eigenvalue weighted by Crippen LogP contribution is -2.37. The number of aromatic nitrogens is 1. The van der Waals surface area contributed by atoms with Crippen LogP contribution in [0.2, 0.25) is 0 Å². The summed E-state index contributed by atoms with van der Waals surface area (Å²) >= 11 is 0. The summed E-state index contributed by atoms with van der Waals surface area (Å²) in [4.78, 5) is 30.6. The van der Waals surface area contributed by atoms with E-state index < -0.39 is 0 Å². The van der Waals surface area contributed by atoms with Gasteiger partial charge in [0.15, 0.2) is 5.78 Å². The summed E-state index contributed by atoms with van der Waals surface area (Å²) in [5.74, 6) is 0.161. The summed E-state index contributed by atoms with van der Waals surface area (Å²) in [6, 6.07) is 23.7. The Morgan fingerprint density at radius 2 is 1.64 bits per heavy atom. The molecule has 166 valence electrons. The predicted octanol–water partition coefficient (Wildman–Crippen LogP) is 5.75. The standard InChI is InChI=1S/C28H25FN2O2/c29-24-9-6-19(7-10-24)16-27(32)26-18-23-17-22(8-11-25(23)30-26)20-12-14-31(15-13-20)28(33)21-4-2-1-3-5-21/h1-11,17-18,20,30H,12-16H2. The number of fused-ring (bicyclic) bond motifs is 1. The SMILES string of the molecule is O=C(Cc1ccc(F)cc1)c1cc2cc(C3CCN(C(=O)c4ccccc4)CC3)ccc2[nH]1. The van der Waals surface area contributed by atoms with Crippen molar-refractivity contribution in [1.29, 1.82) is 0 Å². The van der Waals surface area contributed by atoms with E-state index in [1.54, 1.807) is 12.1 Å². The first kappa shape index (κ1) is 21.1. The zero-order valence-corrected chi connectivity index (χ0v) is 18.3. The van der Waals surface area contributed by atoms with Crippen molar-refractivity contribution in [1.82, 2.24) is 9.88 Å². The number of likely N-dealkylation sites (tertiary alicyclic amines) is 1. The van der Waals surface area contributed by atoms with Gasteiger partial charge >= 0.3 is 0 Å². The first-order valence-electron chi connectivity index (χ1n) is 11.3. The molecule has 0 bridgehead atoms. The summed E-state index contributed by atoms with van der Waals surface area (Å²) in [6.45, 7) is 1.48. The normalized spacial score (nSPS) is 14.5. The first-order valence-corrected chi connectivity index (χ1v) is 11.3. The summed E-state index contributed by atoms with van der Waals surface area (Å²) in [5.41, 5.74) is 4.26. The lowest BCUT2D eigenvalue weighted by Gasteiger charge is -2.32. The van der Waals surface area contributed by atoms with E-state index in [0.29, 0.717) is 11.6 Å². The molecule has 1 saturated heterocycles. The summed E-state index contributed by atoms with van der Waals surface area (Å²) < 4.78 is 13.1. The van der Waals surface area contributed by atoms with Gasteiger partial charge in [-0.25, -0.2) is 4.39 Å². The van der Waals surface area contributed by atoms with E-state index >= 15 is 0 Å². The van der Waals surface area contributed by atoms with Crippen molar-refractivity contribution >= 4 is 22.6 Å². The first-order chi connectivity index (χ1) is 16.1. The largest absolute Gasteiger partial charge is 0.352 e. The van der Waals surface area contributed by atoms with Crippen LogP contribution in [0.1, 0.15) is 50.7 Å². The van der Waals surface area contributed by atoms with Crippen LogP contribution in [0.15, 0.2) is 78.9 Å². The number of ketones is 1. The second-order valence-electron chi connectivity index (χ2n) is 8.69. The summed E-state index contributed by atoms with van der Waals surface area (Å²) in [7, 11) is 0. The molecule has 0 unspecified atom stereocenters. The molecule has 1 aliphatic rings. The molecule has 1 fully saturated rings. The second-order valence-corrected chi connectivity index (χ2v) is 8.69. The number of rotatable bonds is 5. The molecule has 4 nitrogen and oxygen atoms in total. The molecule has 5 rings (SSSR count). The number of carbonyl (C=O) groups excluding carboxylic acids is 2. The van der Waals surface area contributed by atoms with Gasteiger partial charge in [0.25, 0.3) is 5.91 Å². The Kier molecular flexibility index (Phi) is 5.78. The molecular formula is C28H25FN2O2. The van der Waals surface area contributed by atoms with Crippen molar-refractivity contribution in [2.45, 2.75) is 25.2 Å². The van der Waals surface area contributed by atoms with Gasteiger partial charge in [-0.1, -0.05) is 36.4 Å². The Hall–Kier alpha value is -3.73. The lowest BCUT2D eigenvalue weighted by molar-refractivity contribution is 0.0713. The van der Waals surface area contributed by atoms with Crippen LogP contribution in [-0.2, 0) is 6.42 Å². The van der Waals surface area contributed by atoms with E-state index in [9.17, 15) is 14.0 Å². The second kappa shape index (κ2) is 9.02. The van der Waals surface area contributed by atoms with Gasteiger partial charge in [-0.05, 0) is 72.4 Å². The van der Waals surface area contributed by atoms with Gasteiger partial charge in [0.1, 0.15) is 5.82 Å². The number of piperidine rings is 1. The number of amides is 1. The number of hydrogen-bond acceptors (Lipinski definition) is 2.